The van der Waals surface area contributed by atoms with Crippen LogP contribution in [0.5, 0.6) is 0 Å². The number of fused-ring (bicyclic) bond motifs is 2. The van der Waals surface area contributed by atoms with Gasteiger partial charge < -0.3 is 10.0 Å². The maximum atomic E-state index is 12.9. The van der Waals surface area contributed by atoms with Crippen LogP contribution >= 0.6 is 0 Å². The molecule has 3 atom stereocenters. The maximum Gasteiger partial charge on any atom is 0.336 e. The van der Waals surface area contributed by atoms with Gasteiger partial charge in [-0.05, 0) is 76.7 Å². The molecule has 1 aromatic heterocycles. The average Bonchev–Trinajstić information content (AvgIpc) is 3.04. The van der Waals surface area contributed by atoms with Gasteiger partial charge in [0.05, 0.1) is 17.3 Å². The van der Waals surface area contributed by atoms with Gasteiger partial charge >= 0.3 is 6.03 Å². The average molecular weight is 413 g/mol. The number of aromatic nitrogens is 1. The van der Waals surface area contributed by atoms with E-state index in [0.29, 0.717) is 25.0 Å². The van der Waals surface area contributed by atoms with Crippen LogP contribution in [-0.2, 0) is 6.42 Å². The molecule has 1 aromatic carbocycles. The van der Waals surface area contributed by atoms with Crippen molar-refractivity contribution in [3.8, 4) is 0 Å². The normalized spacial score (nSPS) is 22.0. The number of likely N-dealkylation sites (tertiary alicyclic amines) is 1. The number of nitrogens with one attached hydrogen (secondary N) is 1. The highest BCUT2D eigenvalue weighted by molar-refractivity contribution is 5.93. The van der Waals surface area contributed by atoms with Crippen molar-refractivity contribution >= 4 is 16.9 Å². The Bertz CT molecular complexity index is 914. The summed E-state index contributed by atoms with van der Waals surface area (Å²) in [7, 11) is 0. The zero-order valence-electron chi connectivity index (χ0n) is 18.8. The third-order valence-corrected chi connectivity index (χ3v) is 7.04. The number of amides is 2. The lowest BCUT2D eigenvalue weighted by Gasteiger charge is -2.44. The molecule has 2 aliphatic rings. The summed E-state index contributed by atoms with van der Waals surface area (Å²) < 4.78 is 1.86. The molecule has 0 saturated carbocycles. The van der Waals surface area contributed by atoms with E-state index in [1.54, 1.807) is 11.8 Å². The number of nitrogens with zero attached hydrogens (tertiary/aromatic N) is 3. The summed E-state index contributed by atoms with van der Waals surface area (Å²) >= 11 is 0. The Morgan fingerprint density at radius 3 is 2.73 bits per heavy atom. The van der Waals surface area contributed by atoms with E-state index in [2.05, 4.69) is 35.4 Å². The Morgan fingerprint density at radius 2 is 2.07 bits per heavy atom. The lowest BCUT2D eigenvalue weighted by Crippen LogP contribution is -2.47. The lowest BCUT2D eigenvalue weighted by atomic mass is 9.74. The van der Waals surface area contributed by atoms with E-state index in [1.807, 2.05) is 18.5 Å². The van der Waals surface area contributed by atoms with Crippen molar-refractivity contribution in [2.75, 3.05) is 31.6 Å². The quantitative estimate of drug-likeness (QED) is 0.747. The fourth-order valence-electron chi connectivity index (χ4n) is 5.75. The molecule has 0 spiro atoms. The second kappa shape index (κ2) is 8.60. The molecule has 6 heteroatoms. The van der Waals surface area contributed by atoms with E-state index in [-0.39, 0.29) is 6.03 Å². The van der Waals surface area contributed by atoms with Gasteiger partial charge in [0, 0.05) is 30.4 Å². The van der Waals surface area contributed by atoms with Crippen LogP contribution < -0.4 is 5.43 Å². The van der Waals surface area contributed by atoms with E-state index in [1.165, 1.54) is 29.4 Å². The Morgan fingerprint density at radius 1 is 1.30 bits per heavy atom. The summed E-state index contributed by atoms with van der Waals surface area (Å²) in [5.74, 6) is 0.526. The van der Waals surface area contributed by atoms with Crippen molar-refractivity contribution in [1.29, 1.82) is 0 Å². The van der Waals surface area contributed by atoms with Gasteiger partial charge in [-0.2, -0.15) is 0 Å². The third-order valence-electron chi connectivity index (χ3n) is 7.04. The van der Waals surface area contributed by atoms with Crippen molar-refractivity contribution in [1.82, 2.24) is 14.5 Å². The summed E-state index contributed by atoms with van der Waals surface area (Å²) in [5, 5.41) is 12.0. The topological polar surface area (TPSA) is 60.7 Å². The van der Waals surface area contributed by atoms with Crippen LogP contribution in [0, 0.1) is 0 Å². The number of hydrogen-bond acceptors (Lipinski definition) is 3. The number of carbonyl (C=O) groups excluding carboxylic acids is 1. The van der Waals surface area contributed by atoms with Crippen molar-refractivity contribution in [3.05, 3.63) is 35.0 Å². The molecule has 1 fully saturated rings. The van der Waals surface area contributed by atoms with Gasteiger partial charge in [-0.25, -0.2) is 10.2 Å². The van der Waals surface area contributed by atoms with Crippen molar-refractivity contribution in [2.45, 2.75) is 71.4 Å². The molecule has 6 nitrogen and oxygen atoms in total. The first-order valence-electron chi connectivity index (χ1n) is 11.7. The predicted octanol–water partition coefficient (Wildman–Crippen LogP) is 4.21. The fraction of sp³-hybridized carbons (Fsp3) is 0.625. The minimum absolute atomic E-state index is 0.125. The van der Waals surface area contributed by atoms with Gasteiger partial charge in [-0.15, -0.1) is 0 Å². The zero-order valence-corrected chi connectivity index (χ0v) is 18.8. The first kappa shape index (κ1) is 21.2. The van der Waals surface area contributed by atoms with Crippen molar-refractivity contribution in [2.24, 2.45) is 0 Å². The van der Waals surface area contributed by atoms with Crippen LogP contribution in [0.25, 0.3) is 10.9 Å². The van der Waals surface area contributed by atoms with Crippen LogP contribution in [0.2, 0.25) is 0 Å². The lowest BCUT2D eigenvalue weighted by molar-refractivity contribution is 0.122. The van der Waals surface area contributed by atoms with Crippen LogP contribution in [-0.4, -0.2) is 57.8 Å². The molecular weight excluding hydrogens is 376 g/mol. The van der Waals surface area contributed by atoms with Gasteiger partial charge in [0.15, 0.2) is 0 Å². The highest BCUT2D eigenvalue weighted by atomic mass is 16.3. The molecule has 1 saturated heterocycles. The molecule has 2 aromatic rings. The highest BCUT2D eigenvalue weighted by Crippen LogP contribution is 2.46. The number of aliphatic hydroxyl groups excluding tert-OH is 1. The smallest absolute Gasteiger partial charge is 0.336 e. The Hall–Kier alpha value is -2.05. The van der Waals surface area contributed by atoms with Crippen molar-refractivity contribution in [3.63, 3.8) is 0 Å². The first-order chi connectivity index (χ1) is 14.5. The second-order valence-corrected chi connectivity index (χ2v) is 8.76. The van der Waals surface area contributed by atoms with Crippen LogP contribution in [0.4, 0.5) is 4.79 Å². The van der Waals surface area contributed by atoms with Gasteiger partial charge in [-0.1, -0.05) is 19.1 Å². The summed E-state index contributed by atoms with van der Waals surface area (Å²) in [6, 6.07) is 6.79. The standard InChI is InChI=1S/C24H36N4O2/c1-5-13-27-14-9-11-17-18-10-8-12-20-22(18)19(15-21(17)27)23(16(4)29)28(20)25-24(30)26(6-2)7-3/h8,10,12,16-17,21,29H,5-7,9,11,13-15H2,1-4H3,(H,25,30)/t16?,17-,21-/m1/s1. The molecule has 1 aliphatic carbocycles. The molecule has 1 aliphatic heterocycles. The van der Waals surface area contributed by atoms with E-state index in [4.69, 9.17) is 0 Å². The summed E-state index contributed by atoms with van der Waals surface area (Å²) in [6.07, 6.45) is 3.88. The summed E-state index contributed by atoms with van der Waals surface area (Å²) in [4.78, 5) is 17.3. The number of rotatable bonds is 6. The second-order valence-electron chi connectivity index (χ2n) is 8.76. The van der Waals surface area contributed by atoms with Crippen molar-refractivity contribution < 1.29 is 9.90 Å². The van der Waals surface area contributed by atoms with Crippen LogP contribution in [0.1, 0.15) is 75.8 Å². The SMILES string of the molecule is CCCN1CCC[C@@H]2c3cccc4c3c(c(C(C)O)n4NC(=O)N(CC)CC)C[C@H]21. The van der Waals surface area contributed by atoms with E-state index < -0.39 is 6.10 Å². The van der Waals surface area contributed by atoms with E-state index in [9.17, 15) is 9.90 Å². The Labute approximate surface area is 179 Å². The van der Waals surface area contributed by atoms with Gasteiger partial charge in [0.25, 0.3) is 0 Å². The third kappa shape index (κ3) is 3.40. The number of benzene rings is 1. The number of urea groups is 1. The van der Waals surface area contributed by atoms with Gasteiger partial charge in [-0.3, -0.25) is 9.58 Å². The predicted molar refractivity (Wildman–Crippen MR) is 122 cm³/mol. The van der Waals surface area contributed by atoms with Crippen LogP contribution in [0.3, 0.4) is 0 Å². The molecule has 0 bridgehead atoms. The molecule has 4 rings (SSSR count). The van der Waals surface area contributed by atoms with Gasteiger partial charge in [0.1, 0.15) is 0 Å². The van der Waals surface area contributed by atoms with E-state index >= 15 is 0 Å². The van der Waals surface area contributed by atoms with Crippen LogP contribution in [0.15, 0.2) is 18.2 Å². The molecule has 0 radical (unpaired) electrons. The Balaban J connectivity index is 1.84. The minimum Gasteiger partial charge on any atom is -0.387 e. The molecule has 30 heavy (non-hydrogen) atoms. The summed E-state index contributed by atoms with van der Waals surface area (Å²) in [6.45, 7) is 11.6. The monoisotopic (exact) mass is 412 g/mol. The minimum atomic E-state index is -0.656. The molecule has 2 N–H and O–H groups in total. The number of hydrogen-bond donors (Lipinski definition) is 2. The first-order valence-corrected chi connectivity index (χ1v) is 11.7. The summed E-state index contributed by atoms with van der Waals surface area (Å²) in [5.41, 5.74) is 7.53. The highest BCUT2D eigenvalue weighted by Gasteiger charge is 2.39. The molecule has 2 heterocycles. The largest absolute Gasteiger partial charge is 0.387 e. The fourth-order valence-corrected chi connectivity index (χ4v) is 5.75. The number of piperidine rings is 1. The number of aliphatic hydroxyl groups is 1. The van der Waals surface area contributed by atoms with Gasteiger partial charge in [0.2, 0.25) is 0 Å². The molecule has 2 amide bonds. The Kier molecular flexibility index (Phi) is 6.07. The number of carbonyl (C=O) groups is 1. The maximum absolute atomic E-state index is 12.9. The van der Waals surface area contributed by atoms with E-state index in [0.717, 1.165) is 37.1 Å². The molecule has 164 valence electrons. The molecule has 1 unspecified atom stereocenters. The zero-order chi connectivity index (χ0) is 21.4. The molecular formula is C24H36N4O2.